The largest absolute Gasteiger partial charge is 0.396 e. The molecule has 0 bridgehead atoms. The fraction of sp³-hybridized carbons (Fsp3) is 0.647. The molecule has 3 nitrogen and oxygen atoms in total. The second-order valence-corrected chi connectivity index (χ2v) is 5.86. The minimum atomic E-state index is 0.224. The van der Waals surface area contributed by atoms with Crippen molar-refractivity contribution in [3.63, 3.8) is 0 Å². The number of hydrogen-bond acceptors (Lipinski definition) is 3. The Balaban J connectivity index is 1.97. The minimum absolute atomic E-state index is 0.224. The highest BCUT2D eigenvalue weighted by atomic mass is 16.3. The summed E-state index contributed by atoms with van der Waals surface area (Å²) in [5.74, 6) is 0.722. The van der Waals surface area contributed by atoms with Crippen LogP contribution in [0.4, 0.5) is 0 Å². The summed E-state index contributed by atoms with van der Waals surface area (Å²) in [4.78, 5) is 0. The molecule has 0 aromatic heterocycles. The molecule has 1 saturated carbocycles. The lowest BCUT2D eigenvalue weighted by Crippen LogP contribution is -2.29. The first-order valence-corrected chi connectivity index (χ1v) is 7.83. The van der Waals surface area contributed by atoms with Crippen molar-refractivity contribution in [2.45, 2.75) is 50.1 Å². The summed E-state index contributed by atoms with van der Waals surface area (Å²) in [5.41, 5.74) is 2.75. The van der Waals surface area contributed by atoms with Crippen LogP contribution in [-0.2, 0) is 0 Å². The Hall–Kier alpha value is -0.900. The molecule has 1 aromatic carbocycles. The van der Waals surface area contributed by atoms with Gasteiger partial charge in [-0.25, -0.2) is 0 Å². The molecule has 0 spiro atoms. The van der Waals surface area contributed by atoms with Gasteiger partial charge in [0.15, 0.2) is 0 Å². The van der Waals surface area contributed by atoms with Crippen LogP contribution >= 0.6 is 0 Å². The van der Waals surface area contributed by atoms with Gasteiger partial charge in [0.05, 0.1) is 0 Å². The summed E-state index contributed by atoms with van der Waals surface area (Å²) >= 11 is 0. The van der Waals surface area contributed by atoms with Crippen LogP contribution in [0.15, 0.2) is 24.3 Å². The normalized spacial score (nSPS) is 24.6. The highest BCUT2D eigenvalue weighted by Gasteiger charge is 2.21. The first kappa shape index (κ1) is 15.5. The smallest absolute Gasteiger partial charge is 0.0449 e. The van der Waals surface area contributed by atoms with Gasteiger partial charge in [-0.05, 0) is 63.2 Å². The second-order valence-electron chi connectivity index (χ2n) is 5.86. The minimum Gasteiger partial charge on any atom is -0.396 e. The van der Waals surface area contributed by atoms with Gasteiger partial charge in [-0.3, -0.25) is 0 Å². The van der Waals surface area contributed by atoms with Gasteiger partial charge in [0.1, 0.15) is 0 Å². The highest BCUT2D eigenvalue weighted by molar-refractivity contribution is 5.28. The number of benzene rings is 1. The predicted octanol–water partition coefficient (Wildman–Crippen LogP) is 2.58. The molecule has 0 saturated heterocycles. The van der Waals surface area contributed by atoms with Crippen LogP contribution < -0.4 is 10.6 Å². The van der Waals surface area contributed by atoms with Gasteiger partial charge in [0.25, 0.3) is 0 Å². The Morgan fingerprint density at radius 1 is 1.10 bits per heavy atom. The summed E-state index contributed by atoms with van der Waals surface area (Å²) < 4.78 is 0. The van der Waals surface area contributed by atoms with E-state index in [1.165, 1.54) is 36.8 Å². The van der Waals surface area contributed by atoms with Crippen LogP contribution in [0.1, 0.15) is 55.2 Å². The maximum atomic E-state index is 9.09. The van der Waals surface area contributed by atoms with Crippen molar-refractivity contribution in [3.05, 3.63) is 35.4 Å². The molecule has 0 heterocycles. The fourth-order valence-corrected chi connectivity index (χ4v) is 3.32. The van der Waals surface area contributed by atoms with Crippen LogP contribution in [0.25, 0.3) is 0 Å². The van der Waals surface area contributed by atoms with Crippen molar-refractivity contribution >= 4 is 0 Å². The summed E-state index contributed by atoms with van der Waals surface area (Å²) in [7, 11) is 4.02. The maximum Gasteiger partial charge on any atom is 0.0449 e. The second kappa shape index (κ2) is 7.77. The highest BCUT2D eigenvalue weighted by Crippen LogP contribution is 2.33. The molecule has 20 heavy (non-hydrogen) atoms. The van der Waals surface area contributed by atoms with Gasteiger partial charge >= 0.3 is 0 Å². The maximum absolute atomic E-state index is 9.09. The van der Waals surface area contributed by atoms with Gasteiger partial charge in [0, 0.05) is 18.7 Å². The molecular weight excluding hydrogens is 248 g/mol. The number of aliphatic hydroxyl groups is 1. The van der Waals surface area contributed by atoms with Crippen molar-refractivity contribution in [1.82, 2.24) is 10.6 Å². The standard InChI is InChI=1S/C17H28N2O/c1-18-16-9-7-14(8-10-16)13-3-5-15(6-4-13)17(19-2)11-12-20/h3-6,14,16-20H,7-12H2,1-2H3/t14-,16-,17?. The SMILES string of the molecule is CNC(CCO)c1ccc([C@H]2CC[C@H](NC)CC2)cc1. The number of rotatable bonds is 6. The van der Waals surface area contributed by atoms with Crippen molar-refractivity contribution in [1.29, 1.82) is 0 Å². The molecule has 112 valence electrons. The average Bonchev–Trinajstić information content (AvgIpc) is 2.53. The number of nitrogens with one attached hydrogen (secondary N) is 2. The van der Waals surface area contributed by atoms with Crippen LogP contribution in [-0.4, -0.2) is 31.9 Å². The molecule has 3 heteroatoms. The molecule has 1 aliphatic rings. The Morgan fingerprint density at radius 3 is 2.25 bits per heavy atom. The zero-order chi connectivity index (χ0) is 14.4. The molecule has 1 atom stereocenters. The number of aliphatic hydroxyl groups excluding tert-OH is 1. The summed E-state index contributed by atoms with van der Waals surface area (Å²) in [6.45, 7) is 0.224. The molecule has 1 aromatic rings. The molecule has 0 amide bonds. The van der Waals surface area contributed by atoms with Crippen molar-refractivity contribution in [2.24, 2.45) is 0 Å². The Morgan fingerprint density at radius 2 is 1.75 bits per heavy atom. The van der Waals surface area contributed by atoms with Gasteiger partial charge in [-0.1, -0.05) is 24.3 Å². The van der Waals surface area contributed by atoms with Crippen LogP contribution in [0, 0.1) is 0 Å². The zero-order valence-corrected chi connectivity index (χ0v) is 12.7. The van der Waals surface area contributed by atoms with E-state index >= 15 is 0 Å². The topological polar surface area (TPSA) is 44.3 Å². The average molecular weight is 276 g/mol. The van der Waals surface area contributed by atoms with E-state index in [1.54, 1.807) is 0 Å². The van der Waals surface area contributed by atoms with Crippen molar-refractivity contribution < 1.29 is 5.11 Å². The van der Waals surface area contributed by atoms with Gasteiger partial charge in [0.2, 0.25) is 0 Å². The third kappa shape index (κ3) is 3.81. The molecule has 1 fully saturated rings. The molecule has 0 aliphatic heterocycles. The van der Waals surface area contributed by atoms with Crippen molar-refractivity contribution in [3.8, 4) is 0 Å². The lowest BCUT2D eigenvalue weighted by molar-refractivity contribution is 0.269. The third-order valence-corrected chi connectivity index (χ3v) is 4.71. The Bertz CT molecular complexity index is 382. The van der Waals surface area contributed by atoms with E-state index in [1.807, 2.05) is 7.05 Å². The quantitative estimate of drug-likeness (QED) is 0.748. The molecule has 1 aliphatic carbocycles. The Labute approximate surface area is 122 Å². The van der Waals surface area contributed by atoms with E-state index in [0.717, 1.165) is 12.3 Å². The van der Waals surface area contributed by atoms with Crippen LogP contribution in [0.2, 0.25) is 0 Å². The van der Waals surface area contributed by atoms with Gasteiger partial charge < -0.3 is 15.7 Å². The predicted molar refractivity (Wildman–Crippen MR) is 84.0 cm³/mol. The van der Waals surface area contributed by atoms with E-state index in [-0.39, 0.29) is 12.6 Å². The summed E-state index contributed by atoms with van der Waals surface area (Å²) in [6.07, 6.45) is 5.91. The lowest BCUT2D eigenvalue weighted by Gasteiger charge is -2.28. The van der Waals surface area contributed by atoms with E-state index in [4.69, 9.17) is 5.11 Å². The monoisotopic (exact) mass is 276 g/mol. The zero-order valence-electron chi connectivity index (χ0n) is 12.7. The van der Waals surface area contributed by atoms with Gasteiger partial charge in [-0.15, -0.1) is 0 Å². The lowest BCUT2D eigenvalue weighted by atomic mass is 9.81. The molecule has 0 radical (unpaired) electrons. The van der Waals surface area contributed by atoms with E-state index in [9.17, 15) is 0 Å². The van der Waals surface area contributed by atoms with Crippen LogP contribution in [0.3, 0.4) is 0 Å². The molecule has 3 N–H and O–H groups in total. The van der Waals surface area contributed by atoms with E-state index in [0.29, 0.717) is 6.04 Å². The first-order valence-electron chi connectivity index (χ1n) is 7.83. The molecule has 2 rings (SSSR count). The van der Waals surface area contributed by atoms with Crippen molar-refractivity contribution in [2.75, 3.05) is 20.7 Å². The fourth-order valence-electron chi connectivity index (χ4n) is 3.32. The van der Waals surface area contributed by atoms with Crippen LogP contribution in [0.5, 0.6) is 0 Å². The summed E-state index contributed by atoms with van der Waals surface area (Å²) in [6, 6.07) is 9.97. The first-order chi connectivity index (χ1) is 9.78. The van der Waals surface area contributed by atoms with E-state index in [2.05, 4.69) is 41.9 Å². The number of hydrogen-bond donors (Lipinski definition) is 3. The Kier molecular flexibility index (Phi) is 6.02. The van der Waals surface area contributed by atoms with Gasteiger partial charge in [-0.2, -0.15) is 0 Å². The third-order valence-electron chi connectivity index (χ3n) is 4.71. The summed E-state index contributed by atoms with van der Waals surface area (Å²) in [5, 5.41) is 15.7. The molecular formula is C17H28N2O. The molecule has 1 unspecified atom stereocenters. The van der Waals surface area contributed by atoms with E-state index < -0.39 is 0 Å².